The molecular formula is C25H19ClF5NO2. The molecule has 3 nitrogen and oxygen atoms in total. The number of hydrogen-bond acceptors (Lipinski definition) is 2. The van der Waals surface area contributed by atoms with Crippen molar-refractivity contribution in [2.75, 3.05) is 11.9 Å². The van der Waals surface area contributed by atoms with Crippen molar-refractivity contribution in [3.63, 3.8) is 0 Å². The van der Waals surface area contributed by atoms with Gasteiger partial charge in [0.1, 0.15) is 17.4 Å². The zero-order chi connectivity index (χ0) is 25.0. The van der Waals surface area contributed by atoms with Gasteiger partial charge in [0.15, 0.2) is 6.10 Å². The molecule has 0 unspecified atom stereocenters. The smallest absolute Gasteiger partial charge is 0.419 e. The molecule has 34 heavy (non-hydrogen) atoms. The SMILES string of the molecule is C[C@@H](Oc1ccc(C(F)=C(c2ccc(Cl)cc2)C(F)(F)F)cc1)C(=O)N(C)c1ccccc1F. The van der Waals surface area contributed by atoms with Crippen molar-refractivity contribution >= 4 is 34.6 Å². The second-order valence-corrected chi connectivity index (χ2v) is 7.76. The van der Waals surface area contributed by atoms with E-state index in [4.69, 9.17) is 16.3 Å². The molecule has 3 rings (SSSR count). The molecule has 0 saturated heterocycles. The summed E-state index contributed by atoms with van der Waals surface area (Å²) in [7, 11) is 1.39. The Morgan fingerprint density at radius 3 is 2.06 bits per heavy atom. The first-order valence-corrected chi connectivity index (χ1v) is 10.4. The van der Waals surface area contributed by atoms with Crippen molar-refractivity contribution < 1.29 is 31.5 Å². The molecule has 0 aliphatic heterocycles. The third-order valence-corrected chi connectivity index (χ3v) is 5.20. The molecule has 0 N–H and O–H groups in total. The fourth-order valence-electron chi connectivity index (χ4n) is 3.23. The summed E-state index contributed by atoms with van der Waals surface area (Å²) >= 11 is 5.72. The van der Waals surface area contributed by atoms with Crippen molar-refractivity contribution in [2.45, 2.75) is 19.2 Å². The van der Waals surface area contributed by atoms with E-state index in [1.807, 2.05) is 0 Å². The van der Waals surface area contributed by atoms with Crippen LogP contribution in [0.4, 0.5) is 27.6 Å². The van der Waals surface area contributed by atoms with Crippen LogP contribution in [0.1, 0.15) is 18.1 Å². The van der Waals surface area contributed by atoms with Gasteiger partial charge in [-0.2, -0.15) is 13.2 Å². The summed E-state index contributed by atoms with van der Waals surface area (Å²) < 4.78 is 75.2. The van der Waals surface area contributed by atoms with Crippen molar-refractivity contribution in [1.82, 2.24) is 0 Å². The van der Waals surface area contributed by atoms with Gasteiger partial charge in [-0.1, -0.05) is 35.9 Å². The number of nitrogens with zero attached hydrogens (tertiary/aromatic N) is 1. The highest BCUT2D eigenvalue weighted by atomic mass is 35.5. The predicted octanol–water partition coefficient (Wildman–Crippen LogP) is 7.31. The predicted molar refractivity (Wildman–Crippen MR) is 122 cm³/mol. The Bertz CT molecular complexity index is 1190. The summed E-state index contributed by atoms with van der Waals surface area (Å²) in [4.78, 5) is 13.7. The van der Waals surface area contributed by atoms with Gasteiger partial charge in [0, 0.05) is 17.6 Å². The van der Waals surface area contributed by atoms with E-state index in [1.165, 1.54) is 56.4 Å². The number of benzene rings is 3. The van der Waals surface area contributed by atoms with Crippen LogP contribution in [0.2, 0.25) is 5.02 Å². The van der Waals surface area contributed by atoms with Crippen molar-refractivity contribution in [3.05, 3.63) is 94.8 Å². The minimum absolute atomic E-state index is 0.0624. The number of likely N-dealkylation sites (N-methyl/N-ethyl adjacent to an activating group) is 1. The monoisotopic (exact) mass is 495 g/mol. The van der Waals surface area contributed by atoms with E-state index in [0.29, 0.717) is 0 Å². The third kappa shape index (κ3) is 5.75. The van der Waals surface area contributed by atoms with Crippen molar-refractivity contribution in [2.24, 2.45) is 0 Å². The van der Waals surface area contributed by atoms with Gasteiger partial charge >= 0.3 is 6.18 Å². The van der Waals surface area contributed by atoms with Crippen molar-refractivity contribution in [3.8, 4) is 5.75 Å². The van der Waals surface area contributed by atoms with Crippen LogP contribution in [0.3, 0.4) is 0 Å². The third-order valence-electron chi connectivity index (χ3n) is 4.95. The second-order valence-electron chi connectivity index (χ2n) is 7.33. The lowest BCUT2D eigenvalue weighted by molar-refractivity contribution is -0.124. The van der Waals surface area contributed by atoms with Crippen molar-refractivity contribution in [1.29, 1.82) is 0 Å². The van der Waals surface area contributed by atoms with E-state index in [9.17, 15) is 26.7 Å². The fraction of sp³-hybridized carbons (Fsp3) is 0.160. The number of hydrogen-bond donors (Lipinski definition) is 0. The Hall–Kier alpha value is -3.39. The maximum atomic E-state index is 14.9. The van der Waals surface area contributed by atoms with Crippen LogP contribution < -0.4 is 9.64 Å². The van der Waals surface area contributed by atoms with E-state index in [-0.39, 0.29) is 27.6 Å². The molecule has 1 atom stereocenters. The van der Waals surface area contributed by atoms with E-state index < -0.39 is 35.4 Å². The first-order chi connectivity index (χ1) is 16.0. The number of carbonyl (C=O) groups is 1. The lowest BCUT2D eigenvalue weighted by Crippen LogP contribution is -2.38. The number of allylic oxidation sites excluding steroid dienone is 1. The molecule has 0 aliphatic carbocycles. The van der Waals surface area contributed by atoms with E-state index in [2.05, 4.69) is 0 Å². The standard InChI is InChI=1S/C25H19ClF5NO2/c1-15(24(33)32(2)21-6-4-3-5-20(21)27)34-19-13-9-17(10-14-19)23(28)22(25(29,30)31)16-7-11-18(26)12-8-16/h3-15H,1-2H3/t15-/m1/s1. The largest absolute Gasteiger partial charge is 0.481 e. The highest BCUT2D eigenvalue weighted by molar-refractivity contribution is 6.30. The summed E-state index contributed by atoms with van der Waals surface area (Å²) in [6.45, 7) is 1.44. The Kier molecular flexibility index (Phi) is 7.61. The van der Waals surface area contributed by atoms with Crippen LogP contribution in [-0.4, -0.2) is 25.2 Å². The Morgan fingerprint density at radius 1 is 0.941 bits per heavy atom. The van der Waals surface area contributed by atoms with E-state index in [1.54, 1.807) is 6.07 Å². The molecule has 1 amide bonds. The molecule has 9 heteroatoms. The van der Waals surface area contributed by atoms with Gasteiger partial charge in [0.25, 0.3) is 5.91 Å². The Balaban J connectivity index is 1.81. The first-order valence-electron chi connectivity index (χ1n) is 10.0. The van der Waals surface area contributed by atoms with Crippen LogP contribution in [0.25, 0.3) is 11.4 Å². The lowest BCUT2D eigenvalue weighted by atomic mass is 10.0. The maximum Gasteiger partial charge on any atom is 0.419 e. The summed E-state index contributed by atoms with van der Waals surface area (Å²) in [6, 6.07) is 15.1. The molecule has 0 bridgehead atoms. The van der Waals surface area contributed by atoms with Gasteiger partial charge in [0.05, 0.1) is 11.3 Å². The second kappa shape index (κ2) is 10.3. The molecular weight excluding hydrogens is 477 g/mol. The van der Waals surface area contributed by atoms with Gasteiger partial charge in [0.2, 0.25) is 0 Å². The molecule has 3 aromatic carbocycles. The topological polar surface area (TPSA) is 29.5 Å². The summed E-state index contributed by atoms with van der Waals surface area (Å²) in [5.74, 6) is -2.48. The van der Waals surface area contributed by atoms with Crippen LogP contribution in [0, 0.1) is 5.82 Å². The highest BCUT2D eigenvalue weighted by Gasteiger charge is 2.38. The molecule has 0 fully saturated rings. The quantitative estimate of drug-likeness (QED) is 0.265. The average Bonchev–Trinajstić information content (AvgIpc) is 2.79. The Labute approximate surface area is 198 Å². The summed E-state index contributed by atoms with van der Waals surface area (Å²) in [5.41, 5.74) is -2.07. The maximum absolute atomic E-state index is 14.9. The van der Waals surface area contributed by atoms with Gasteiger partial charge in [-0.3, -0.25) is 4.79 Å². The minimum atomic E-state index is -4.95. The minimum Gasteiger partial charge on any atom is -0.481 e. The molecule has 0 aliphatic rings. The fourth-order valence-corrected chi connectivity index (χ4v) is 3.35. The molecule has 3 aromatic rings. The number of halogens is 6. The van der Waals surface area contributed by atoms with Crippen LogP contribution in [0.15, 0.2) is 72.8 Å². The van der Waals surface area contributed by atoms with E-state index in [0.717, 1.165) is 29.2 Å². The van der Waals surface area contributed by atoms with Gasteiger partial charge in [-0.05, 0) is 61.0 Å². The molecule has 0 heterocycles. The van der Waals surface area contributed by atoms with Crippen LogP contribution in [0.5, 0.6) is 5.75 Å². The number of para-hydroxylation sites is 1. The first kappa shape index (κ1) is 25.2. The molecule has 178 valence electrons. The van der Waals surface area contributed by atoms with Crippen LogP contribution >= 0.6 is 11.6 Å². The van der Waals surface area contributed by atoms with E-state index >= 15 is 0 Å². The van der Waals surface area contributed by atoms with Gasteiger partial charge < -0.3 is 9.64 Å². The number of rotatable bonds is 6. The number of carbonyl (C=O) groups excluding carboxylic acids is 1. The number of ether oxygens (including phenoxy) is 1. The number of anilines is 1. The van der Waals surface area contributed by atoms with Crippen LogP contribution in [-0.2, 0) is 4.79 Å². The lowest BCUT2D eigenvalue weighted by Gasteiger charge is -2.22. The van der Waals surface area contributed by atoms with Gasteiger partial charge in [-0.25, -0.2) is 8.78 Å². The highest BCUT2D eigenvalue weighted by Crippen LogP contribution is 2.40. The zero-order valence-corrected chi connectivity index (χ0v) is 18.8. The van der Waals surface area contributed by atoms with Gasteiger partial charge in [-0.15, -0.1) is 0 Å². The Morgan fingerprint density at radius 2 is 1.50 bits per heavy atom. The summed E-state index contributed by atoms with van der Waals surface area (Å²) in [5, 5.41) is 0.219. The molecule has 0 saturated carbocycles. The summed E-state index contributed by atoms with van der Waals surface area (Å²) in [6.07, 6.45) is -6.00. The normalized spacial score (nSPS) is 13.2. The molecule has 0 aromatic heterocycles. The average molecular weight is 496 g/mol. The molecule has 0 radical (unpaired) electrons. The number of amides is 1. The number of alkyl halides is 3. The molecule has 0 spiro atoms. The zero-order valence-electron chi connectivity index (χ0n) is 18.0.